The first-order chi connectivity index (χ1) is 32.1. The number of oxime groups is 1. The van der Waals surface area contributed by atoms with E-state index in [0.29, 0.717) is 48.8 Å². The van der Waals surface area contributed by atoms with E-state index >= 15 is 0 Å². The number of carbonyl (C=O) groups is 1. The lowest BCUT2D eigenvalue weighted by Crippen LogP contribution is -2.70. The van der Waals surface area contributed by atoms with Gasteiger partial charge in [0.15, 0.2) is 0 Å². The van der Waals surface area contributed by atoms with Gasteiger partial charge in [-0.3, -0.25) is 4.79 Å². The molecule has 6 unspecified atom stereocenters. The Labute approximate surface area is 392 Å². The molecule has 6 atom stereocenters. The number of allylic oxidation sites excluding steroid dienone is 1. The lowest BCUT2D eigenvalue weighted by Gasteiger charge is -2.60. The highest BCUT2D eigenvalue weighted by molar-refractivity contribution is 6.03. The first kappa shape index (κ1) is 49.4. The molecule has 3 N–H and O–H groups in total. The summed E-state index contributed by atoms with van der Waals surface area (Å²) in [5.41, 5.74) is 4.38. The van der Waals surface area contributed by atoms with E-state index in [1.807, 2.05) is 68.1 Å². The first-order valence-corrected chi connectivity index (χ1v) is 24.7. The Balaban J connectivity index is 1.39. The van der Waals surface area contributed by atoms with Crippen LogP contribution in [0.3, 0.4) is 0 Å². The van der Waals surface area contributed by atoms with Gasteiger partial charge in [-0.1, -0.05) is 98.3 Å². The van der Waals surface area contributed by atoms with Crippen LogP contribution in [0.1, 0.15) is 116 Å². The van der Waals surface area contributed by atoms with Crippen molar-refractivity contribution in [3.8, 4) is 28.4 Å². The van der Waals surface area contributed by atoms with Crippen LogP contribution in [-0.4, -0.2) is 95.5 Å². The predicted octanol–water partition coefficient (Wildman–Crippen LogP) is 10.4. The average Bonchev–Trinajstić information content (AvgIpc) is 3.85. The summed E-state index contributed by atoms with van der Waals surface area (Å²) in [5.74, 6) is 0.739. The quantitative estimate of drug-likeness (QED) is 0.0455. The zero-order valence-corrected chi connectivity index (χ0v) is 39.6. The Kier molecular flexibility index (Phi) is 17.6. The van der Waals surface area contributed by atoms with Crippen molar-refractivity contribution in [2.75, 3.05) is 46.2 Å². The van der Waals surface area contributed by atoms with Gasteiger partial charge in [-0.15, -0.1) is 6.58 Å². The highest BCUT2D eigenvalue weighted by atomic mass is 16.7. The van der Waals surface area contributed by atoms with Gasteiger partial charge in [0.05, 0.1) is 38.1 Å². The minimum atomic E-state index is -1.38. The third kappa shape index (κ3) is 11.9. The molecule has 2 fully saturated rings. The summed E-state index contributed by atoms with van der Waals surface area (Å²) in [4.78, 5) is 23.2. The number of carbonyl (C=O) groups excluding carboxylic acids is 1. The van der Waals surface area contributed by atoms with Crippen LogP contribution in [0.25, 0.3) is 11.1 Å². The van der Waals surface area contributed by atoms with Crippen molar-refractivity contribution in [3.05, 3.63) is 103 Å². The molecule has 1 heterocycles. The lowest BCUT2D eigenvalue weighted by atomic mass is 9.55. The van der Waals surface area contributed by atoms with Gasteiger partial charge in [0.25, 0.3) is 0 Å². The van der Waals surface area contributed by atoms with Crippen LogP contribution in [-0.2, 0) is 19.1 Å². The molecule has 3 aromatic rings. The van der Waals surface area contributed by atoms with E-state index in [1.165, 1.54) is 12.8 Å². The molecule has 3 aliphatic carbocycles. The number of ether oxygens (including phenoxy) is 4. The van der Waals surface area contributed by atoms with Crippen LogP contribution >= 0.6 is 0 Å². The van der Waals surface area contributed by atoms with E-state index in [-0.39, 0.29) is 69.8 Å². The highest BCUT2D eigenvalue weighted by Crippen LogP contribution is 2.62. The molecule has 0 aromatic heterocycles. The molecule has 11 nitrogen and oxygen atoms in total. The molecule has 0 radical (unpaired) electrons. The Morgan fingerprint density at radius 3 is 2.29 bits per heavy atom. The van der Waals surface area contributed by atoms with Crippen molar-refractivity contribution in [2.24, 2.45) is 28.8 Å². The number of aliphatic hydroxyl groups is 3. The maximum absolute atomic E-state index is 15.0. The van der Waals surface area contributed by atoms with Crippen LogP contribution in [0, 0.1) is 23.7 Å². The number of rotatable bonds is 24. The zero-order valence-electron chi connectivity index (χ0n) is 39.6. The summed E-state index contributed by atoms with van der Waals surface area (Å²) in [5, 5.41) is 34.7. The third-order valence-electron chi connectivity index (χ3n) is 13.9. The molecule has 7 rings (SSSR count). The molecule has 0 bridgehead atoms. The summed E-state index contributed by atoms with van der Waals surface area (Å²) in [6, 6.07) is 23.8. The van der Waals surface area contributed by atoms with Crippen molar-refractivity contribution in [2.45, 2.75) is 128 Å². The standard InChI is InChI=1S/C55H74N2O9/c1-5-33-63-55-50(57(29-34-62-35-32-60)51(61)28-21-39-15-9-10-16-39)38-48(56-66-54(2,3)4)46-36-42(19-11-13-30-58)45(20-12-14-31-59)52(53(46)55)47-37-44(26-27-49(47)65-55)64-43-24-22-41(23-25-43)40-17-7-6-8-18-40/h5-8,17-18,22-27,36-37,39,42,45,50,52-53,58-60H,1,9-16,19-21,28-35,38H2,2-4H3. The van der Waals surface area contributed by atoms with Crippen molar-refractivity contribution in [1.29, 1.82) is 0 Å². The predicted molar refractivity (Wildman–Crippen MR) is 259 cm³/mol. The summed E-state index contributed by atoms with van der Waals surface area (Å²) >= 11 is 0. The Morgan fingerprint density at radius 2 is 1.59 bits per heavy atom. The number of aliphatic hydroxyl groups excluding tert-OH is 3. The fourth-order valence-corrected chi connectivity index (χ4v) is 10.9. The molecule has 1 amide bonds. The van der Waals surface area contributed by atoms with Crippen molar-refractivity contribution in [1.82, 2.24) is 4.90 Å². The highest BCUT2D eigenvalue weighted by Gasteiger charge is 2.65. The lowest BCUT2D eigenvalue weighted by molar-refractivity contribution is -0.258. The molecule has 4 aliphatic rings. The monoisotopic (exact) mass is 907 g/mol. The van der Waals surface area contributed by atoms with Gasteiger partial charge in [-0.05, 0) is 118 Å². The number of hydrogen-bond donors (Lipinski definition) is 3. The molecule has 0 saturated heterocycles. The number of unbranched alkanes of at least 4 members (excludes halogenated alkanes) is 2. The van der Waals surface area contributed by atoms with E-state index in [9.17, 15) is 20.1 Å². The van der Waals surface area contributed by atoms with E-state index in [4.69, 9.17) is 28.9 Å². The smallest absolute Gasteiger partial charge is 0.239 e. The van der Waals surface area contributed by atoms with E-state index in [0.717, 1.165) is 72.9 Å². The molecule has 2 saturated carbocycles. The van der Waals surface area contributed by atoms with Gasteiger partial charge in [-0.2, -0.15) is 0 Å². The Hall–Kier alpha value is -4.52. The van der Waals surface area contributed by atoms with Gasteiger partial charge < -0.3 is 44.0 Å². The average molecular weight is 907 g/mol. The molecule has 1 aliphatic heterocycles. The number of fused-ring (bicyclic) bond motifs is 2. The van der Waals surface area contributed by atoms with Gasteiger partial charge in [-0.25, -0.2) is 0 Å². The van der Waals surface area contributed by atoms with Crippen LogP contribution in [0.5, 0.6) is 17.2 Å². The number of amides is 1. The van der Waals surface area contributed by atoms with Crippen LogP contribution in [0.2, 0.25) is 0 Å². The van der Waals surface area contributed by atoms with Crippen LogP contribution in [0.4, 0.5) is 0 Å². The van der Waals surface area contributed by atoms with Gasteiger partial charge >= 0.3 is 0 Å². The molecular formula is C55H74N2O9. The molecular weight excluding hydrogens is 833 g/mol. The maximum atomic E-state index is 15.0. The minimum absolute atomic E-state index is 0.00904. The maximum Gasteiger partial charge on any atom is 0.239 e. The van der Waals surface area contributed by atoms with Crippen molar-refractivity contribution >= 4 is 11.6 Å². The van der Waals surface area contributed by atoms with Gasteiger partial charge in [0, 0.05) is 44.1 Å². The summed E-state index contributed by atoms with van der Waals surface area (Å²) in [6.07, 6.45) is 15.0. The van der Waals surface area contributed by atoms with E-state index in [1.54, 1.807) is 6.08 Å². The largest absolute Gasteiger partial charge is 0.459 e. The summed E-state index contributed by atoms with van der Waals surface area (Å²) < 4.78 is 27.2. The van der Waals surface area contributed by atoms with Crippen molar-refractivity contribution in [3.63, 3.8) is 0 Å². The fraction of sp³-hybridized carbons (Fsp3) is 0.564. The van der Waals surface area contributed by atoms with E-state index < -0.39 is 23.3 Å². The normalized spacial score (nSPS) is 24.2. The fourth-order valence-electron chi connectivity index (χ4n) is 10.9. The third-order valence-corrected chi connectivity index (χ3v) is 13.9. The Bertz CT molecular complexity index is 2080. The summed E-state index contributed by atoms with van der Waals surface area (Å²) in [6.45, 7) is 11.0. The molecule has 3 aromatic carbocycles. The topological polar surface area (TPSA) is 140 Å². The molecule has 0 spiro atoms. The molecule has 11 heteroatoms. The van der Waals surface area contributed by atoms with Crippen LogP contribution < -0.4 is 9.47 Å². The Morgan fingerprint density at radius 1 is 0.879 bits per heavy atom. The molecule has 358 valence electrons. The molecule has 66 heavy (non-hydrogen) atoms. The van der Waals surface area contributed by atoms with Crippen molar-refractivity contribution < 1.29 is 43.9 Å². The number of benzene rings is 3. The number of hydrogen-bond acceptors (Lipinski definition) is 10. The van der Waals surface area contributed by atoms with Gasteiger partial charge in [0.1, 0.15) is 28.9 Å². The minimum Gasteiger partial charge on any atom is -0.459 e. The summed E-state index contributed by atoms with van der Waals surface area (Å²) in [7, 11) is 0. The second-order valence-electron chi connectivity index (χ2n) is 19.6. The zero-order chi connectivity index (χ0) is 46.5. The van der Waals surface area contributed by atoms with Gasteiger partial charge in [0.2, 0.25) is 11.7 Å². The SMILES string of the molecule is C=CCOC12Oc3ccc(Oc4ccc(-c5ccccc5)cc4)cc3C3C(CCCCO)C(CCCCO)C=C(C(=NOC(C)(C)C)CC1N(CCOCCO)C(=O)CCC1CCCC1)C32. The number of nitrogens with zero attached hydrogens (tertiary/aromatic N) is 2. The second-order valence-corrected chi connectivity index (χ2v) is 19.6. The first-order valence-electron chi connectivity index (χ1n) is 24.7. The van der Waals surface area contributed by atoms with E-state index in [2.05, 4.69) is 43.0 Å². The van der Waals surface area contributed by atoms with Crippen LogP contribution in [0.15, 0.2) is 102 Å². The second kappa shape index (κ2) is 23.5.